The fourth-order valence-corrected chi connectivity index (χ4v) is 3.97. The first-order valence-corrected chi connectivity index (χ1v) is 11.4. The van der Waals surface area contributed by atoms with Gasteiger partial charge in [-0.2, -0.15) is 5.10 Å². The number of nitrogens with one attached hydrogen (secondary N) is 2. The molecule has 0 saturated carbocycles. The van der Waals surface area contributed by atoms with Crippen LogP contribution in [0.2, 0.25) is 5.02 Å². The lowest BCUT2D eigenvalue weighted by Crippen LogP contribution is -2.28. The molecule has 2 amide bonds. The highest BCUT2D eigenvalue weighted by Gasteiger charge is 2.18. The van der Waals surface area contributed by atoms with Crippen LogP contribution >= 0.6 is 11.6 Å². The van der Waals surface area contributed by atoms with E-state index in [1.165, 1.54) is 21.3 Å². The normalized spacial score (nSPS) is 11.2. The Hall–Kier alpha value is -4.44. The molecule has 0 radical (unpaired) electrons. The van der Waals surface area contributed by atoms with Gasteiger partial charge in [0, 0.05) is 37.3 Å². The standard InChI is InChI=1S/C25H21ClN6O4/c1-14-3-4-15(9-17(14)26)12-28-24(34)20-11-18(30-22-7-8-29-32(20)22)23(33)27-13-16-5-6-21-19(10-16)31(2)25(35)36-21/h3-11H,12-13H2,1-2H3,(H,27,33)(H,28,34). The number of amides is 2. The number of benzene rings is 2. The second-order valence-corrected chi connectivity index (χ2v) is 8.71. The fraction of sp³-hybridized carbons (Fsp3) is 0.160. The number of hydrogen-bond donors (Lipinski definition) is 2. The summed E-state index contributed by atoms with van der Waals surface area (Å²) in [5.41, 5.74) is 4.26. The number of nitrogens with zero attached hydrogens (tertiary/aromatic N) is 4. The Kier molecular flexibility index (Phi) is 6.03. The molecule has 3 aromatic heterocycles. The molecule has 5 aromatic rings. The van der Waals surface area contributed by atoms with Crippen LogP contribution in [0, 0.1) is 6.92 Å². The van der Waals surface area contributed by atoms with E-state index in [-0.39, 0.29) is 24.5 Å². The minimum absolute atomic E-state index is 0.0725. The van der Waals surface area contributed by atoms with Crippen molar-refractivity contribution in [2.75, 3.05) is 0 Å². The Morgan fingerprint density at radius 3 is 2.50 bits per heavy atom. The number of aryl methyl sites for hydroxylation is 2. The molecule has 36 heavy (non-hydrogen) atoms. The van der Waals surface area contributed by atoms with Gasteiger partial charge in [-0.15, -0.1) is 0 Å². The lowest BCUT2D eigenvalue weighted by Gasteiger charge is -2.10. The lowest BCUT2D eigenvalue weighted by atomic mass is 10.1. The minimum atomic E-state index is -0.459. The molecule has 0 aliphatic carbocycles. The van der Waals surface area contributed by atoms with Crippen LogP contribution in [0.5, 0.6) is 0 Å². The van der Waals surface area contributed by atoms with Crippen molar-refractivity contribution in [3.8, 4) is 0 Å². The van der Waals surface area contributed by atoms with Gasteiger partial charge in [-0.25, -0.2) is 14.3 Å². The summed E-state index contributed by atoms with van der Waals surface area (Å²) in [7, 11) is 1.61. The number of hydrogen-bond acceptors (Lipinski definition) is 6. The molecule has 10 nitrogen and oxygen atoms in total. The number of halogens is 1. The third kappa shape index (κ3) is 4.46. The second kappa shape index (κ2) is 9.31. The van der Waals surface area contributed by atoms with Gasteiger partial charge in [0.1, 0.15) is 11.4 Å². The molecule has 0 fully saturated rings. The Balaban J connectivity index is 1.34. The van der Waals surface area contributed by atoms with Gasteiger partial charge >= 0.3 is 5.76 Å². The third-order valence-corrected chi connectivity index (χ3v) is 6.23. The van der Waals surface area contributed by atoms with E-state index in [4.69, 9.17) is 16.0 Å². The number of carbonyl (C=O) groups is 2. The second-order valence-electron chi connectivity index (χ2n) is 8.31. The van der Waals surface area contributed by atoms with Gasteiger partial charge in [-0.3, -0.25) is 14.2 Å². The van der Waals surface area contributed by atoms with Gasteiger partial charge in [0.05, 0.1) is 11.7 Å². The van der Waals surface area contributed by atoms with E-state index in [2.05, 4.69) is 20.7 Å². The quantitative estimate of drug-likeness (QED) is 0.366. The predicted molar refractivity (Wildman–Crippen MR) is 133 cm³/mol. The van der Waals surface area contributed by atoms with Crippen LogP contribution < -0.4 is 16.4 Å². The van der Waals surface area contributed by atoms with E-state index in [0.717, 1.165) is 16.7 Å². The third-order valence-electron chi connectivity index (χ3n) is 5.82. The van der Waals surface area contributed by atoms with Crippen molar-refractivity contribution in [1.82, 2.24) is 29.8 Å². The maximum atomic E-state index is 13.0. The van der Waals surface area contributed by atoms with Gasteiger partial charge in [0.15, 0.2) is 11.2 Å². The minimum Gasteiger partial charge on any atom is -0.408 e. The summed E-state index contributed by atoms with van der Waals surface area (Å²) in [6.07, 6.45) is 1.50. The Bertz CT molecular complexity index is 1700. The van der Waals surface area contributed by atoms with Crippen LogP contribution in [0.4, 0.5) is 0 Å². The highest BCUT2D eigenvalue weighted by atomic mass is 35.5. The van der Waals surface area contributed by atoms with Crippen molar-refractivity contribution >= 4 is 40.2 Å². The monoisotopic (exact) mass is 504 g/mol. The molecule has 0 aliphatic rings. The van der Waals surface area contributed by atoms with Gasteiger partial charge < -0.3 is 15.1 Å². The highest BCUT2D eigenvalue weighted by Crippen LogP contribution is 2.17. The van der Waals surface area contributed by atoms with Crippen molar-refractivity contribution in [2.24, 2.45) is 7.05 Å². The lowest BCUT2D eigenvalue weighted by molar-refractivity contribution is 0.0942. The smallest absolute Gasteiger partial charge is 0.408 e. The molecule has 0 saturated heterocycles. The molecule has 11 heteroatoms. The van der Waals surface area contributed by atoms with Crippen LogP contribution in [-0.4, -0.2) is 31.0 Å². The van der Waals surface area contributed by atoms with E-state index in [1.54, 1.807) is 37.4 Å². The molecular weight excluding hydrogens is 484 g/mol. The molecule has 0 atom stereocenters. The zero-order chi connectivity index (χ0) is 25.4. The first-order valence-electron chi connectivity index (χ1n) is 11.0. The summed E-state index contributed by atoms with van der Waals surface area (Å²) >= 11 is 6.18. The highest BCUT2D eigenvalue weighted by molar-refractivity contribution is 6.31. The molecule has 0 aliphatic heterocycles. The van der Waals surface area contributed by atoms with E-state index < -0.39 is 17.6 Å². The number of aromatic nitrogens is 4. The summed E-state index contributed by atoms with van der Waals surface area (Å²) in [6, 6.07) is 13.8. The Morgan fingerprint density at radius 1 is 1.00 bits per heavy atom. The zero-order valence-corrected chi connectivity index (χ0v) is 20.2. The van der Waals surface area contributed by atoms with Gasteiger partial charge in [0.25, 0.3) is 11.8 Å². The maximum Gasteiger partial charge on any atom is 0.419 e. The Morgan fingerprint density at radius 2 is 1.72 bits per heavy atom. The SMILES string of the molecule is Cc1ccc(CNC(=O)c2cc(C(=O)NCc3ccc4oc(=O)n(C)c4c3)nc3ccnn23)cc1Cl. The average Bonchev–Trinajstić information content (AvgIpc) is 3.46. The van der Waals surface area contributed by atoms with Crippen LogP contribution in [0.1, 0.15) is 37.7 Å². The van der Waals surface area contributed by atoms with Crippen LogP contribution in [0.25, 0.3) is 16.7 Å². The van der Waals surface area contributed by atoms with E-state index >= 15 is 0 Å². The van der Waals surface area contributed by atoms with Gasteiger partial charge in [0.2, 0.25) is 0 Å². The molecule has 0 bridgehead atoms. The summed E-state index contributed by atoms with van der Waals surface area (Å²) in [6.45, 7) is 2.35. The molecule has 182 valence electrons. The number of fused-ring (bicyclic) bond motifs is 2. The molecule has 5 rings (SSSR count). The van der Waals surface area contributed by atoms with E-state index in [0.29, 0.717) is 21.8 Å². The maximum absolute atomic E-state index is 13.0. The summed E-state index contributed by atoms with van der Waals surface area (Å²) < 4.78 is 7.90. The summed E-state index contributed by atoms with van der Waals surface area (Å²) in [4.78, 5) is 41.9. The topological polar surface area (TPSA) is 124 Å². The summed E-state index contributed by atoms with van der Waals surface area (Å²) in [5.74, 6) is -1.33. The molecular formula is C25H21ClN6O4. The van der Waals surface area contributed by atoms with E-state index in [9.17, 15) is 14.4 Å². The van der Waals surface area contributed by atoms with Crippen molar-refractivity contribution in [1.29, 1.82) is 0 Å². The fourth-order valence-electron chi connectivity index (χ4n) is 3.77. The van der Waals surface area contributed by atoms with Crippen molar-refractivity contribution in [3.05, 3.63) is 98.4 Å². The average molecular weight is 505 g/mol. The van der Waals surface area contributed by atoms with Crippen LogP contribution in [-0.2, 0) is 20.1 Å². The molecule has 0 spiro atoms. The van der Waals surface area contributed by atoms with E-state index in [1.807, 2.05) is 19.1 Å². The van der Waals surface area contributed by atoms with Crippen LogP contribution in [0.3, 0.4) is 0 Å². The number of rotatable bonds is 6. The van der Waals surface area contributed by atoms with Gasteiger partial charge in [-0.1, -0.05) is 29.8 Å². The first-order chi connectivity index (χ1) is 17.3. The van der Waals surface area contributed by atoms with Crippen molar-refractivity contribution in [3.63, 3.8) is 0 Å². The molecule has 0 unspecified atom stereocenters. The Labute approximate surface area is 209 Å². The van der Waals surface area contributed by atoms with Crippen molar-refractivity contribution < 1.29 is 14.0 Å². The summed E-state index contributed by atoms with van der Waals surface area (Å²) in [5, 5.41) is 10.4. The van der Waals surface area contributed by atoms with Gasteiger partial charge in [-0.05, 0) is 41.8 Å². The largest absolute Gasteiger partial charge is 0.419 e. The zero-order valence-electron chi connectivity index (χ0n) is 19.4. The number of carbonyl (C=O) groups excluding carboxylic acids is 2. The molecule has 2 aromatic carbocycles. The molecule has 3 heterocycles. The van der Waals surface area contributed by atoms with Crippen molar-refractivity contribution in [2.45, 2.75) is 20.0 Å². The molecule has 2 N–H and O–H groups in total. The number of oxazole rings is 1. The van der Waals surface area contributed by atoms with Crippen LogP contribution in [0.15, 0.2) is 63.9 Å². The predicted octanol–water partition coefficient (Wildman–Crippen LogP) is 3.00. The first kappa shape index (κ1) is 23.3.